The van der Waals surface area contributed by atoms with Crippen molar-refractivity contribution in [1.82, 2.24) is 19.8 Å². The van der Waals surface area contributed by atoms with Gasteiger partial charge in [-0.1, -0.05) is 18.7 Å². The zero-order chi connectivity index (χ0) is 30.1. The first-order valence-corrected chi connectivity index (χ1v) is 15.8. The van der Waals surface area contributed by atoms with Gasteiger partial charge in [-0.3, -0.25) is 4.79 Å². The lowest BCUT2D eigenvalue weighted by molar-refractivity contribution is -0.128. The van der Waals surface area contributed by atoms with E-state index in [0.717, 1.165) is 69.5 Å². The van der Waals surface area contributed by atoms with Crippen molar-refractivity contribution in [2.75, 3.05) is 62.7 Å². The quantitative estimate of drug-likeness (QED) is 0.225. The number of halogens is 1. The molecule has 43 heavy (non-hydrogen) atoms. The minimum Gasteiger partial charge on any atom is -0.508 e. The minimum atomic E-state index is -0.250. The Morgan fingerprint density at radius 1 is 1.21 bits per heavy atom. The summed E-state index contributed by atoms with van der Waals surface area (Å²) in [4.78, 5) is 34.6. The molecule has 0 radical (unpaired) electrons. The number of carbonyl (C=O) groups excluding carboxylic acids is 1. The van der Waals surface area contributed by atoms with E-state index >= 15 is 0 Å². The molecule has 10 nitrogen and oxygen atoms in total. The van der Waals surface area contributed by atoms with E-state index in [1.54, 1.807) is 4.90 Å². The number of likely N-dealkylation sites (N-methyl/N-ethyl adjacent to an activating group) is 1. The van der Waals surface area contributed by atoms with Gasteiger partial charge in [0.2, 0.25) is 12.5 Å². The number of nitrogens with zero attached hydrogens (tertiary/aromatic N) is 7. The first-order valence-electron chi connectivity index (χ1n) is 14.8. The van der Waals surface area contributed by atoms with Gasteiger partial charge >= 0.3 is 6.01 Å². The van der Waals surface area contributed by atoms with Crippen LogP contribution >= 0.6 is 22.6 Å². The normalized spacial score (nSPS) is 20.6. The summed E-state index contributed by atoms with van der Waals surface area (Å²) in [5.41, 5.74) is 2.96. The van der Waals surface area contributed by atoms with Crippen molar-refractivity contribution in [3.05, 3.63) is 69.2 Å². The molecule has 3 aliphatic heterocycles. The summed E-state index contributed by atoms with van der Waals surface area (Å²) in [6.45, 7) is 15.8. The highest BCUT2D eigenvalue weighted by Gasteiger charge is 2.35. The van der Waals surface area contributed by atoms with Crippen molar-refractivity contribution >= 4 is 50.8 Å². The van der Waals surface area contributed by atoms with Crippen LogP contribution in [0.3, 0.4) is 0 Å². The molecule has 0 unspecified atom stereocenters. The molecule has 0 saturated carbocycles. The van der Waals surface area contributed by atoms with Crippen molar-refractivity contribution in [3.8, 4) is 11.8 Å². The van der Waals surface area contributed by atoms with Crippen LogP contribution in [0.15, 0.2) is 43.0 Å². The number of hydrogen-bond acceptors (Lipinski definition) is 8. The lowest BCUT2D eigenvalue weighted by Gasteiger charge is -2.41. The second kappa shape index (κ2) is 12.5. The maximum absolute atomic E-state index is 12.5. The van der Waals surface area contributed by atoms with Crippen molar-refractivity contribution in [3.63, 3.8) is 0 Å². The number of likely N-dealkylation sites (tertiary alicyclic amines) is 1. The lowest BCUT2D eigenvalue weighted by Crippen LogP contribution is -2.56. The number of phenolic OH excluding ortho intramolecular Hbond substituents is 1. The third-order valence-corrected chi connectivity index (χ3v) is 9.77. The zero-order valence-corrected chi connectivity index (χ0v) is 26.5. The molecule has 2 fully saturated rings. The van der Waals surface area contributed by atoms with Crippen molar-refractivity contribution in [2.24, 2.45) is 0 Å². The molecule has 0 bridgehead atoms. The van der Waals surface area contributed by atoms with Crippen LogP contribution in [0.4, 0.5) is 11.5 Å². The minimum absolute atomic E-state index is 0.147. The molecule has 224 valence electrons. The highest BCUT2D eigenvalue weighted by Crippen LogP contribution is 2.38. The summed E-state index contributed by atoms with van der Waals surface area (Å²) in [5.74, 6) is 0.919. The van der Waals surface area contributed by atoms with Gasteiger partial charge in [0.05, 0.1) is 12.2 Å². The van der Waals surface area contributed by atoms with Gasteiger partial charge < -0.3 is 34.3 Å². The van der Waals surface area contributed by atoms with E-state index < -0.39 is 0 Å². The van der Waals surface area contributed by atoms with E-state index in [2.05, 4.69) is 61.8 Å². The number of fused-ring (bicyclic) bond motifs is 2. The Morgan fingerprint density at radius 3 is 2.84 bits per heavy atom. The number of ether oxygens (including phenoxy) is 1. The van der Waals surface area contributed by atoms with Crippen molar-refractivity contribution in [2.45, 2.75) is 37.9 Å². The van der Waals surface area contributed by atoms with Crippen LogP contribution in [0.2, 0.25) is 0 Å². The van der Waals surface area contributed by atoms with Gasteiger partial charge in [0.15, 0.2) is 0 Å². The molecule has 2 aromatic carbocycles. The highest BCUT2D eigenvalue weighted by atomic mass is 131. The second-order valence-electron chi connectivity index (χ2n) is 11.5. The molecule has 6 rings (SSSR count). The summed E-state index contributed by atoms with van der Waals surface area (Å²) < 4.78 is 7.41. The molecule has 2 saturated heterocycles. The molecule has 4 heterocycles. The van der Waals surface area contributed by atoms with Gasteiger partial charge in [0, 0.05) is 58.5 Å². The van der Waals surface area contributed by atoms with Crippen LogP contribution in [-0.2, 0) is 17.8 Å². The molecule has 1 N–H and O–H groups in total. The molecule has 2 atom stereocenters. The fraction of sp³-hybridized carbons (Fsp3) is 0.438. The van der Waals surface area contributed by atoms with E-state index in [4.69, 9.17) is 21.3 Å². The lowest BCUT2D eigenvalue weighted by atomic mass is 10.0. The Hall–Kier alpha value is -3.63. The number of benzene rings is 2. The highest BCUT2D eigenvalue weighted by molar-refractivity contribution is 14.1. The topological polar surface area (TPSA) is 89.6 Å². The first-order chi connectivity index (χ1) is 20.9. The number of piperazine rings is 1. The van der Waals surface area contributed by atoms with Crippen LogP contribution in [0.5, 0.6) is 11.8 Å². The smallest absolute Gasteiger partial charge is 0.318 e. The molecule has 3 aliphatic rings. The maximum Gasteiger partial charge on any atom is 0.318 e. The van der Waals surface area contributed by atoms with Crippen LogP contribution in [-0.4, -0.2) is 95.8 Å². The zero-order valence-electron chi connectivity index (χ0n) is 24.4. The van der Waals surface area contributed by atoms with E-state index in [1.807, 2.05) is 24.3 Å². The number of anilines is 2. The monoisotopic (exact) mass is 697 g/mol. The Morgan fingerprint density at radius 2 is 2.07 bits per heavy atom. The average Bonchev–Trinajstić information content (AvgIpc) is 3.43. The summed E-state index contributed by atoms with van der Waals surface area (Å²) in [7, 11) is 2.13. The van der Waals surface area contributed by atoms with Crippen LogP contribution < -0.4 is 14.5 Å². The Labute approximate surface area is 265 Å². The van der Waals surface area contributed by atoms with E-state index in [-0.39, 0.29) is 24.2 Å². The molecule has 1 aromatic heterocycles. The largest absolute Gasteiger partial charge is 0.508 e. The van der Waals surface area contributed by atoms with Crippen molar-refractivity contribution < 1.29 is 14.6 Å². The van der Waals surface area contributed by atoms with Gasteiger partial charge in [-0.15, -0.1) is 0 Å². The summed E-state index contributed by atoms with van der Waals surface area (Å²) >= 11 is 2.36. The number of aromatic nitrogens is 2. The third-order valence-electron chi connectivity index (χ3n) is 8.87. The average molecular weight is 698 g/mol. The molecule has 0 aliphatic carbocycles. The van der Waals surface area contributed by atoms with Gasteiger partial charge in [0.1, 0.15) is 24.2 Å². The third kappa shape index (κ3) is 5.95. The number of phenols is 1. The predicted molar refractivity (Wildman–Crippen MR) is 176 cm³/mol. The summed E-state index contributed by atoms with van der Waals surface area (Å²) in [5, 5.41) is 12.7. The summed E-state index contributed by atoms with van der Waals surface area (Å²) in [6, 6.07) is 10.2. The number of amides is 1. The van der Waals surface area contributed by atoms with Gasteiger partial charge in [0.25, 0.3) is 0 Å². The molecule has 1 amide bonds. The number of carbonyl (C=O) groups is 1. The first kappa shape index (κ1) is 29.4. The van der Waals surface area contributed by atoms with E-state index in [0.29, 0.717) is 44.8 Å². The van der Waals surface area contributed by atoms with Gasteiger partial charge in [-0.25, -0.2) is 6.57 Å². The van der Waals surface area contributed by atoms with Crippen LogP contribution in [0.1, 0.15) is 24.1 Å². The standard InChI is InChI=1S/C32H36IN7O3/c1-4-29(42)40-14-13-39(18-23(40)17-34-2)31-25-10-12-38(28-16-24(41)15-21-7-5-9-26(33)30(21)28)19-27(25)35-32(36-31)43-20-22-8-6-11-37(22)3/h4-5,7,9,15-16,22-23,41H,1,6,8,10-14,17-20H2,3H3/t22-,23-/m0/s1/i33+4. The number of aromatic hydroxyl groups is 1. The maximum atomic E-state index is 12.5. The Bertz CT molecular complexity index is 1590. The van der Waals surface area contributed by atoms with Gasteiger partial charge in [-0.05, 0) is 79.0 Å². The van der Waals surface area contributed by atoms with E-state index in [9.17, 15) is 9.90 Å². The molecule has 3 aromatic rings. The van der Waals surface area contributed by atoms with Crippen LogP contribution in [0.25, 0.3) is 15.6 Å². The fourth-order valence-electron chi connectivity index (χ4n) is 6.59. The van der Waals surface area contributed by atoms with Crippen LogP contribution in [0, 0.1) is 10.1 Å². The number of rotatable bonds is 7. The fourth-order valence-corrected chi connectivity index (χ4v) is 7.39. The second-order valence-corrected chi connectivity index (χ2v) is 12.7. The Kier molecular flexibility index (Phi) is 8.59. The Balaban J connectivity index is 1.35. The predicted octanol–water partition coefficient (Wildman–Crippen LogP) is 4.10. The summed E-state index contributed by atoms with van der Waals surface area (Å²) in [6.07, 6.45) is 4.29. The van der Waals surface area contributed by atoms with Gasteiger partial charge in [-0.2, -0.15) is 9.97 Å². The number of hydrogen-bond donors (Lipinski definition) is 1. The molecule has 11 heteroatoms. The molecular formula is C32H36IN7O3. The SMILES string of the molecule is [C-]#[N+]C[C@H]1CN(c2nc(OC[C@@H]3CCCN3C)nc3c2CCN(c2cc(O)cc4cccc([131I])c24)C3)CCN1C(=O)C=C. The molecule has 0 spiro atoms. The van der Waals surface area contributed by atoms with E-state index in [1.165, 1.54) is 6.08 Å². The van der Waals surface area contributed by atoms with Crippen molar-refractivity contribution in [1.29, 1.82) is 0 Å². The molecular weight excluding hydrogens is 661 g/mol.